The van der Waals surface area contributed by atoms with Gasteiger partial charge in [0, 0.05) is 17.8 Å². The lowest BCUT2D eigenvalue weighted by Crippen LogP contribution is -2.30. The summed E-state index contributed by atoms with van der Waals surface area (Å²) in [5.41, 5.74) is -0.233. The van der Waals surface area contributed by atoms with Gasteiger partial charge < -0.3 is 4.74 Å². The van der Waals surface area contributed by atoms with Crippen LogP contribution in [0.4, 0.5) is 30.7 Å². The number of hydrogen-bond acceptors (Lipinski definition) is 2. The molecule has 2 atom stereocenters. The normalized spacial score (nSPS) is 18.6. The van der Waals surface area contributed by atoms with Gasteiger partial charge in [-0.25, -0.2) is 4.39 Å². The van der Waals surface area contributed by atoms with Gasteiger partial charge in [0.1, 0.15) is 5.82 Å². The standard InChI is InChI=1S/C25H20F7NO/c26-19-5-3-16(4-6-19)23-20-2-1-10-33-21(20)7-8-22(23)34-11-9-15-12-17(24(27,28)29)14-18(13-15)25(30,31)32/h1-6,10,12-14,22-23H,7-9,11H2. The SMILES string of the molecule is Fc1ccc(C2c3cccnc3CCC2OCCc2cc(C(F)(F)F)cc(C(F)(F)F)c2)cc1. The molecule has 0 radical (unpaired) electrons. The van der Waals surface area contributed by atoms with Gasteiger partial charge >= 0.3 is 12.4 Å². The highest BCUT2D eigenvalue weighted by Crippen LogP contribution is 2.39. The number of ether oxygens (including phenoxy) is 1. The van der Waals surface area contributed by atoms with E-state index >= 15 is 0 Å². The van der Waals surface area contributed by atoms with E-state index in [0.717, 1.165) is 29.0 Å². The molecule has 180 valence electrons. The van der Waals surface area contributed by atoms with E-state index in [4.69, 9.17) is 4.74 Å². The molecule has 2 unspecified atom stereocenters. The predicted octanol–water partition coefficient (Wildman–Crippen LogP) is 6.96. The smallest absolute Gasteiger partial charge is 0.377 e. The van der Waals surface area contributed by atoms with E-state index in [9.17, 15) is 30.7 Å². The van der Waals surface area contributed by atoms with Crippen LogP contribution >= 0.6 is 0 Å². The van der Waals surface area contributed by atoms with Crippen LogP contribution in [0, 0.1) is 5.82 Å². The zero-order chi connectivity index (χ0) is 24.5. The minimum atomic E-state index is -4.90. The first-order valence-electron chi connectivity index (χ1n) is 10.6. The van der Waals surface area contributed by atoms with Crippen molar-refractivity contribution in [2.45, 2.75) is 43.6 Å². The number of rotatable bonds is 5. The molecule has 1 heterocycles. The van der Waals surface area contributed by atoms with Crippen molar-refractivity contribution < 1.29 is 35.5 Å². The monoisotopic (exact) mass is 483 g/mol. The number of hydrogen-bond donors (Lipinski definition) is 0. The van der Waals surface area contributed by atoms with Crippen LogP contribution in [0.5, 0.6) is 0 Å². The van der Waals surface area contributed by atoms with Crippen molar-refractivity contribution in [3.8, 4) is 0 Å². The van der Waals surface area contributed by atoms with Crippen molar-refractivity contribution >= 4 is 0 Å². The van der Waals surface area contributed by atoms with Crippen molar-refractivity contribution in [1.82, 2.24) is 4.98 Å². The fraction of sp³-hybridized carbons (Fsp3) is 0.320. The van der Waals surface area contributed by atoms with Crippen molar-refractivity contribution in [3.63, 3.8) is 0 Å². The summed E-state index contributed by atoms with van der Waals surface area (Å²) < 4.78 is 98.2. The summed E-state index contributed by atoms with van der Waals surface area (Å²) in [5.74, 6) is -0.682. The average Bonchev–Trinajstić information content (AvgIpc) is 2.78. The molecule has 0 saturated heterocycles. The molecule has 0 aliphatic heterocycles. The largest absolute Gasteiger partial charge is 0.416 e. The third-order valence-corrected chi connectivity index (χ3v) is 5.90. The number of nitrogens with zero attached hydrogens (tertiary/aromatic N) is 1. The van der Waals surface area contributed by atoms with Gasteiger partial charge in [-0.1, -0.05) is 18.2 Å². The van der Waals surface area contributed by atoms with E-state index in [2.05, 4.69) is 4.98 Å². The molecule has 0 fully saturated rings. The molecule has 1 aliphatic rings. The van der Waals surface area contributed by atoms with Gasteiger partial charge in [0.25, 0.3) is 0 Å². The van der Waals surface area contributed by atoms with Crippen molar-refractivity contribution in [2.24, 2.45) is 0 Å². The lowest BCUT2D eigenvalue weighted by atomic mass is 9.79. The number of pyridine rings is 1. The Hall–Kier alpha value is -2.94. The highest BCUT2D eigenvalue weighted by Gasteiger charge is 2.37. The van der Waals surface area contributed by atoms with Gasteiger partial charge in [-0.05, 0) is 72.4 Å². The maximum Gasteiger partial charge on any atom is 0.416 e. The summed E-state index contributed by atoms with van der Waals surface area (Å²) in [7, 11) is 0. The van der Waals surface area contributed by atoms with Gasteiger partial charge in [-0.15, -0.1) is 0 Å². The molecule has 4 rings (SSSR count). The topological polar surface area (TPSA) is 22.1 Å². The molecule has 2 aromatic carbocycles. The van der Waals surface area contributed by atoms with Crippen LogP contribution in [0.15, 0.2) is 60.8 Å². The van der Waals surface area contributed by atoms with Crippen molar-refractivity contribution in [3.05, 3.63) is 100 Å². The van der Waals surface area contributed by atoms with Crippen LogP contribution in [0.3, 0.4) is 0 Å². The van der Waals surface area contributed by atoms with E-state index in [1.807, 2.05) is 6.07 Å². The first kappa shape index (κ1) is 24.2. The van der Waals surface area contributed by atoms with Gasteiger partial charge in [0.2, 0.25) is 0 Å². The van der Waals surface area contributed by atoms with E-state index in [1.165, 1.54) is 12.1 Å². The second-order valence-electron chi connectivity index (χ2n) is 8.18. The summed E-state index contributed by atoms with van der Waals surface area (Å²) in [6, 6.07) is 11.2. The Kier molecular flexibility index (Phi) is 6.66. The van der Waals surface area contributed by atoms with Gasteiger partial charge in [0.05, 0.1) is 23.8 Å². The number of aromatic nitrogens is 1. The predicted molar refractivity (Wildman–Crippen MR) is 111 cm³/mol. The molecular weight excluding hydrogens is 463 g/mol. The first-order valence-corrected chi connectivity index (χ1v) is 10.6. The Morgan fingerprint density at radius 1 is 0.882 bits per heavy atom. The Morgan fingerprint density at radius 2 is 1.53 bits per heavy atom. The molecule has 9 heteroatoms. The van der Waals surface area contributed by atoms with Crippen LogP contribution in [0.2, 0.25) is 0 Å². The van der Waals surface area contributed by atoms with Crippen molar-refractivity contribution in [1.29, 1.82) is 0 Å². The highest BCUT2D eigenvalue weighted by atomic mass is 19.4. The second-order valence-corrected chi connectivity index (χ2v) is 8.18. The Bertz CT molecular complexity index is 1110. The Morgan fingerprint density at radius 3 is 2.15 bits per heavy atom. The van der Waals surface area contributed by atoms with Crippen LogP contribution < -0.4 is 0 Å². The lowest BCUT2D eigenvalue weighted by molar-refractivity contribution is -0.143. The highest BCUT2D eigenvalue weighted by molar-refractivity contribution is 5.39. The number of fused-ring (bicyclic) bond motifs is 1. The third-order valence-electron chi connectivity index (χ3n) is 5.90. The fourth-order valence-electron chi connectivity index (χ4n) is 4.32. The summed E-state index contributed by atoms with van der Waals surface area (Å²) in [6.45, 7) is -0.0729. The van der Waals surface area contributed by atoms with Gasteiger partial charge in [-0.3, -0.25) is 4.98 Å². The molecule has 0 saturated carbocycles. The van der Waals surface area contributed by atoms with Gasteiger partial charge in [-0.2, -0.15) is 26.3 Å². The summed E-state index contributed by atoms with van der Waals surface area (Å²) in [4.78, 5) is 4.40. The molecule has 0 amide bonds. The van der Waals surface area contributed by atoms with Gasteiger partial charge in [0.15, 0.2) is 0 Å². The number of alkyl halides is 6. The fourth-order valence-corrected chi connectivity index (χ4v) is 4.32. The Labute approximate surface area is 191 Å². The van der Waals surface area contributed by atoms with Crippen LogP contribution in [-0.2, 0) is 29.9 Å². The number of halogens is 7. The van der Waals surface area contributed by atoms with Crippen LogP contribution in [0.25, 0.3) is 0 Å². The average molecular weight is 483 g/mol. The second kappa shape index (κ2) is 9.37. The van der Waals surface area contributed by atoms with Crippen LogP contribution in [0.1, 0.15) is 45.8 Å². The molecule has 3 aromatic rings. The Balaban J connectivity index is 1.55. The minimum Gasteiger partial charge on any atom is -0.377 e. The maximum absolute atomic E-state index is 13.5. The quantitative estimate of drug-likeness (QED) is 0.366. The molecule has 1 aliphatic carbocycles. The zero-order valence-corrected chi connectivity index (χ0v) is 17.8. The third kappa shape index (κ3) is 5.41. The first-order chi connectivity index (χ1) is 16.0. The summed E-state index contributed by atoms with van der Waals surface area (Å²) >= 11 is 0. The number of benzene rings is 2. The van der Waals surface area contributed by atoms with E-state index in [0.29, 0.717) is 12.8 Å². The molecule has 1 aromatic heterocycles. The molecule has 0 bridgehead atoms. The minimum absolute atomic E-state index is 0.0729. The molecule has 2 nitrogen and oxygen atoms in total. The summed E-state index contributed by atoms with van der Waals surface area (Å²) in [5, 5.41) is 0. The number of aryl methyl sites for hydroxylation is 1. The lowest BCUT2D eigenvalue weighted by Gasteiger charge is -2.33. The summed E-state index contributed by atoms with van der Waals surface area (Å²) in [6.07, 6.45) is -7.47. The van der Waals surface area contributed by atoms with E-state index in [1.54, 1.807) is 24.4 Å². The molecular formula is C25H20F7NO. The molecule has 0 N–H and O–H groups in total. The zero-order valence-electron chi connectivity index (χ0n) is 17.8. The molecule has 34 heavy (non-hydrogen) atoms. The van der Waals surface area contributed by atoms with E-state index < -0.39 is 35.4 Å². The van der Waals surface area contributed by atoms with Crippen molar-refractivity contribution in [2.75, 3.05) is 6.61 Å². The van der Waals surface area contributed by atoms with Crippen LogP contribution in [-0.4, -0.2) is 17.7 Å². The maximum atomic E-state index is 13.5. The molecule has 0 spiro atoms. The van der Waals surface area contributed by atoms with E-state index in [-0.39, 0.29) is 30.6 Å².